The molecule has 3 N–H and O–H groups in total. The van der Waals surface area contributed by atoms with Crippen LogP contribution < -0.4 is 11.4 Å². The van der Waals surface area contributed by atoms with Crippen molar-refractivity contribution in [1.82, 2.24) is 0 Å². The lowest BCUT2D eigenvalue weighted by molar-refractivity contribution is 0.473. The Bertz CT molecular complexity index is 624. The lowest BCUT2D eigenvalue weighted by Gasteiger charge is -2.09. The van der Waals surface area contributed by atoms with E-state index in [1.807, 2.05) is 0 Å². The molecule has 4 nitrogen and oxygen atoms in total. The van der Waals surface area contributed by atoms with Crippen molar-refractivity contribution in [2.45, 2.75) is 12.7 Å². The van der Waals surface area contributed by atoms with E-state index in [0.717, 1.165) is 22.5 Å². The Morgan fingerprint density at radius 2 is 2.21 bits per heavy atom. The number of benzene rings is 1. The maximum atomic E-state index is 11.5. The van der Waals surface area contributed by atoms with Crippen molar-refractivity contribution in [2.24, 2.45) is 11.7 Å². The fourth-order valence-corrected chi connectivity index (χ4v) is 2.89. The van der Waals surface area contributed by atoms with Crippen LogP contribution in [0.2, 0.25) is 0 Å². The summed E-state index contributed by atoms with van der Waals surface area (Å²) in [6.45, 7) is 2.76. The van der Waals surface area contributed by atoms with Gasteiger partial charge in [-0.05, 0) is 35.9 Å². The maximum Gasteiger partial charge on any atom is 0.336 e. The molecule has 0 saturated heterocycles. The molecule has 1 atom stereocenters. The highest BCUT2D eigenvalue weighted by molar-refractivity contribution is 7.98. The summed E-state index contributed by atoms with van der Waals surface area (Å²) >= 11 is 1.74. The van der Waals surface area contributed by atoms with Gasteiger partial charge in [-0.25, -0.2) is 4.79 Å². The number of nitrogens with two attached hydrogens (primary N) is 1. The van der Waals surface area contributed by atoms with E-state index < -0.39 is 0 Å². The average Bonchev–Trinajstić information content (AvgIpc) is 2.37. The van der Waals surface area contributed by atoms with E-state index in [2.05, 4.69) is 6.92 Å². The number of aromatic hydroxyl groups is 1. The number of phenols is 1. The van der Waals surface area contributed by atoms with E-state index in [1.54, 1.807) is 23.9 Å². The van der Waals surface area contributed by atoms with Gasteiger partial charge in [0.05, 0.1) is 0 Å². The van der Waals surface area contributed by atoms with E-state index in [1.165, 1.54) is 12.1 Å². The molecule has 0 aliphatic rings. The summed E-state index contributed by atoms with van der Waals surface area (Å²) in [7, 11) is 0. The summed E-state index contributed by atoms with van der Waals surface area (Å²) < 4.78 is 5.09. The van der Waals surface area contributed by atoms with Gasteiger partial charge in [0.1, 0.15) is 11.3 Å². The second-order valence-electron chi connectivity index (χ2n) is 4.63. The first-order valence-electron chi connectivity index (χ1n) is 6.13. The van der Waals surface area contributed by atoms with Crippen molar-refractivity contribution in [3.63, 3.8) is 0 Å². The highest BCUT2D eigenvalue weighted by Crippen LogP contribution is 2.25. The number of phenolic OH excluding ortho intramolecular Hbond substituents is 1. The van der Waals surface area contributed by atoms with E-state index in [9.17, 15) is 9.90 Å². The quantitative estimate of drug-likeness (QED) is 0.821. The third-order valence-electron chi connectivity index (χ3n) is 2.88. The van der Waals surface area contributed by atoms with Crippen molar-refractivity contribution in [3.8, 4) is 5.75 Å². The molecule has 0 aliphatic heterocycles. The minimum absolute atomic E-state index is 0.0946. The summed E-state index contributed by atoms with van der Waals surface area (Å²) in [5.74, 6) is 2.24. The van der Waals surface area contributed by atoms with E-state index in [0.29, 0.717) is 18.0 Å². The van der Waals surface area contributed by atoms with Crippen LogP contribution in [0.4, 0.5) is 0 Å². The summed E-state index contributed by atoms with van der Waals surface area (Å²) in [5.41, 5.74) is 6.55. The molecule has 0 spiro atoms. The number of hydrogen-bond acceptors (Lipinski definition) is 5. The Kier molecular flexibility index (Phi) is 4.50. The molecule has 1 unspecified atom stereocenters. The van der Waals surface area contributed by atoms with E-state index in [-0.39, 0.29) is 11.4 Å². The Balaban J connectivity index is 2.24. The molecule has 0 radical (unpaired) electrons. The maximum absolute atomic E-state index is 11.5. The molecular weight excluding hydrogens is 262 g/mol. The SMILES string of the molecule is CC(CN)CSCc1cc(=O)oc2cc(O)ccc12. The second kappa shape index (κ2) is 6.12. The van der Waals surface area contributed by atoms with Crippen molar-refractivity contribution in [1.29, 1.82) is 0 Å². The average molecular weight is 279 g/mol. The molecule has 0 fully saturated rings. The number of rotatable bonds is 5. The molecule has 1 heterocycles. The zero-order valence-corrected chi connectivity index (χ0v) is 11.6. The zero-order valence-electron chi connectivity index (χ0n) is 10.8. The molecule has 0 amide bonds. The van der Waals surface area contributed by atoms with Crippen molar-refractivity contribution >= 4 is 22.7 Å². The fraction of sp³-hybridized carbons (Fsp3) is 0.357. The molecule has 19 heavy (non-hydrogen) atoms. The number of hydrogen-bond donors (Lipinski definition) is 2. The van der Waals surface area contributed by atoms with Crippen LogP contribution in [-0.2, 0) is 5.75 Å². The topological polar surface area (TPSA) is 76.5 Å². The monoisotopic (exact) mass is 279 g/mol. The van der Waals surface area contributed by atoms with Crippen LogP contribution >= 0.6 is 11.8 Å². The Hall–Kier alpha value is -1.46. The van der Waals surface area contributed by atoms with E-state index in [4.69, 9.17) is 10.2 Å². The first kappa shape index (κ1) is 14.0. The lowest BCUT2D eigenvalue weighted by Crippen LogP contribution is -2.12. The van der Waals surface area contributed by atoms with Gasteiger partial charge >= 0.3 is 5.63 Å². The molecule has 0 bridgehead atoms. The Morgan fingerprint density at radius 1 is 1.42 bits per heavy atom. The van der Waals surface area contributed by atoms with Crippen molar-refractivity contribution < 1.29 is 9.52 Å². The molecule has 2 rings (SSSR count). The van der Waals surface area contributed by atoms with Crippen LogP contribution in [0.15, 0.2) is 33.5 Å². The zero-order chi connectivity index (χ0) is 13.8. The molecule has 2 aromatic rings. The van der Waals surface area contributed by atoms with Gasteiger partial charge in [-0.1, -0.05) is 6.92 Å². The predicted octanol–water partition coefficient (Wildman–Crippen LogP) is 2.33. The Morgan fingerprint density at radius 3 is 2.95 bits per heavy atom. The van der Waals surface area contributed by atoms with Crippen LogP contribution in [0.25, 0.3) is 11.0 Å². The van der Waals surface area contributed by atoms with E-state index >= 15 is 0 Å². The van der Waals surface area contributed by atoms with Gasteiger partial charge in [-0.15, -0.1) is 0 Å². The van der Waals surface area contributed by atoms with Crippen molar-refractivity contribution in [2.75, 3.05) is 12.3 Å². The summed E-state index contributed by atoms with van der Waals surface area (Å²) in [6.07, 6.45) is 0. The molecule has 0 saturated carbocycles. The van der Waals surface area contributed by atoms with Crippen LogP contribution in [0.5, 0.6) is 5.75 Å². The fourth-order valence-electron chi connectivity index (χ4n) is 1.78. The van der Waals surface area contributed by atoms with Gasteiger partial charge in [-0.3, -0.25) is 0 Å². The molecule has 1 aromatic carbocycles. The summed E-state index contributed by atoms with van der Waals surface area (Å²) in [5, 5.41) is 10.3. The minimum Gasteiger partial charge on any atom is -0.508 e. The minimum atomic E-state index is -0.388. The van der Waals surface area contributed by atoms with Gasteiger partial charge in [0.2, 0.25) is 0 Å². The number of fused-ring (bicyclic) bond motifs is 1. The first-order chi connectivity index (χ1) is 9.10. The molecular formula is C14H17NO3S. The van der Waals surface area contributed by atoms with Crippen LogP contribution in [-0.4, -0.2) is 17.4 Å². The van der Waals surface area contributed by atoms with Gasteiger partial charge in [-0.2, -0.15) is 11.8 Å². The Labute approximate surface area is 115 Å². The van der Waals surface area contributed by atoms with Gasteiger partial charge < -0.3 is 15.3 Å². The van der Waals surface area contributed by atoms with Gasteiger partial charge in [0, 0.05) is 23.3 Å². The first-order valence-corrected chi connectivity index (χ1v) is 7.29. The highest BCUT2D eigenvalue weighted by atomic mass is 32.2. The smallest absolute Gasteiger partial charge is 0.336 e. The largest absolute Gasteiger partial charge is 0.508 e. The molecule has 1 aromatic heterocycles. The second-order valence-corrected chi connectivity index (χ2v) is 5.66. The normalized spacial score (nSPS) is 12.7. The standard InChI is InChI=1S/C14H17NO3S/c1-9(6-15)7-19-8-10-4-14(17)18-13-5-11(16)2-3-12(10)13/h2-5,9,16H,6-8,15H2,1H3. The van der Waals surface area contributed by atoms with Crippen LogP contribution in [0.1, 0.15) is 12.5 Å². The van der Waals surface area contributed by atoms with Gasteiger partial charge in [0.25, 0.3) is 0 Å². The van der Waals surface area contributed by atoms with Crippen LogP contribution in [0, 0.1) is 5.92 Å². The number of thioether (sulfide) groups is 1. The summed E-state index contributed by atoms with van der Waals surface area (Å²) in [4.78, 5) is 11.5. The molecule has 5 heteroatoms. The van der Waals surface area contributed by atoms with Crippen LogP contribution in [0.3, 0.4) is 0 Å². The highest BCUT2D eigenvalue weighted by Gasteiger charge is 2.07. The molecule has 0 aliphatic carbocycles. The summed E-state index contributed by atoms with van der Waals surface area (Å²) in [6, 6.07) is 6.35. The lowest BCUT2D eigenvalue weighted by atomic mass is 10.1. The van der Waals surface area contributed by atoms with Crippen molar-refractivity contribution in [3.05, 3.63) is 40.2 Å². The van der Waals surface area contributed by atoms with Gasteiger partial charge in [0.15, 0.2) is 0 Å². The predicted molar refractivity (Wildman–Crippen MR) is 78.5 cm³/mol. The third-order valence-corrected chi connectivity index (χ3v) is 4.20. The molecule has 102 valence electrons. The third kappa shape index (κ3) is 3.52.